The van der Waals surface area contributed by atoms with Crippen molar-refractivity contribution >= 4 is 22.6 Å². The second-order valence-electron chi connectivity index (χ2n) is 5.57. The molecule has 1 aliphatic rings. The van der Waals surface area contributed by atoms with Crippen molar-refractivity contribution in [1.29, 1.82) is 0 Å². The highest BCUT2D eigenvalue weighted by Crippen LogP contribution is 2.33. The number of nitrogens with zero attached hydrogens (tertiary/aromatic N) is 2. The van der Waals surface area contributed by atoms with Gasteiger partial charge < -0.3 is 4.57 Å². The van der Waals surface area contributed by atoms with E-state index >= 15 is 0 Å². The Morgan fingerprint density at radius 2 is 2.26 bits per heavy atom. The Balaban J connectivity index is 2.02. The van der Waals surface area contributed by atoms with Crippen LogP contribution in [0, 0.1) is 17.7 Å². The maximum Gasteiger partial charge on any atom is 0.125 e. The monoisotopic (exact) mass is 280 g/mol. The summed E-state index contributed by atoms with van der Waals surface area (Å²) in [5.74, 6) is 2.39. The number of hydrogen-bond acceptors (Lipinski definition) is 1. The third-order valence-electron chi connectivity index (χ3n) is 4.37. The van der Waals surface area contributed by atoms with E-state index in [2.05, 4.69) is 16.5 Å². The van der Waals surface area contributed by atoms with Gasteiger partial charge in [0.2, 0.25) is 0 Å². The molecule has 0 spiro atoms. The van der Waals surface area contributed by atoms with Gasteiger partial charge in [0.05, 0.1) is 16.9 Å². The second kappa shape index (κ2) is 5.12. The number of benzene rings is 1. The summed E-state index contributed by atoms with van der Waals surface area (Å²) in [7, 11) is 0. The van der Waals surface area contributed by atoms with Crippen LogP contribution in [0.3, 0.4) is 0 Å². The summed E-state index contributed by atoms with van der Waals surface area (Å²) in [4.78, 5) is 4.50. The minimum Gasteiger partial charge on any atom is -0.327 e. The van der Waals surface area contributed by atoms with Gasteiger partial charge in [-0.2, -0.15) is 0 Å². The van der Waals surface area contributed by atoms with Crippen molar-refractivity contribution in [2.24, 2.45) is 11.8 Å². The van der Waals surface area contributed by atoms with Crippen molar-refractivity contribution in [2.45, 2.75) is 38.6 Å². The fraction of sp³-hybridized carbons (Fsp3) is 0.533. The van der Waals surface area contributed by atoms with E-state index in [0.29, 0.717) is 11.8 Å². The first-order chi connectivity index (χ1) is 9.19. The molecule has 0 N–H and O–H groups in total. The molecule has 4 heteroatoms. The number of fused-ring (bicyclic) bond motifs is 1. The molecule has 0 radical (unpaired) electrons. The van der Waals surface area contributed by atoms with Crippen LogP contribution in [0.1, 0.15) is 32.0 Å². The lowest BCUT2D eigenvalue weighted by Crippen LogP contribution is -2.15. The third-order valence-corrected chi connectivity index (χ3v) is 4.60. The van der Waals surface area contributed by atoms with E-state index in [-0.39, 0.29) is 5.82 Å². The molecule has 1 heterocycles. The van der Waals surface area contributed by atoms with E-state index in [1.54, 1.807) is 12.1 Å². The predicted molar refractivity (Wildman–Crippen MR) is 75.8 cm³/mol. The van der Waals surface area contributed by atoms with Gasteiger partial charge >= 0.3 is 0 Å². The van der Waals surface area contributed by atoms with Crippen LogP contribution in [0.4, 0.5) is 4.39 Å². The molecule has 1 fully saturated rings. The topological polar surface area (TPSA) is 17.8 Å². The molecule has 1 aromatic heterocycles. The van der Waals surface area contributed by atoms with Crippen molar-refractivity contribution in [2.75, 3.05) is 0 Å². The molecule has 19 heavy (non-hydrogen) atoms. The van der Waals surface area contributed by atoms with E-state index in [1.807, 2.05) is 0 Å². The first kappa shape index (κ1) is 12.9. The minimum absolute atomic E-state index is 0.214. The quantitative estimate of drug-likeness (QED) is 0.764. The van der Waals surface area contributed by atoms with Gasteiger partial charge in [0.25, 0.3) is 0 Å². The van der Waals surface area contributed by atoms with Crippen LogP contribution in [-0.2, 0) is 12.4 Å². The molecule has 0 bridgehead atoms. The Hall–Kier alpha value is -1.09. The molecule has 0 saturated heterocycles. The summed E-state index contributed by atoms with van der Waals surface area (Å²) in [5.41, 5.74) is 1.71. The molecule has 2 atom stereocenters. The van der Waals surface area contributed by atoms with Gasteiger partial charge in [-0.15, -0.1) is 11.6 Å². The lowest BCUT2D eigenvalue weighted by Gasteiger charge is -2.18. The van der Waals surface area contributed by atoms with E-state index in [4.69, 9.17) is 11.6 Å². The SMILES string of the molecule is CC1CCCC1Cn1c(CCl)nc2ccc(F)cc21. The van der Waals surface area contributed by atoms with E-state index in [9.17, 15) is 4.39 Å². The van der Waals surface area contributed by atoms with Crippen LogP contribution in [0.2, 0.25) is 0 Å². The molecule has 1 aromatic carbocycles. The first-order valence-corrected chi connectivity index (χ1v) is 7.43. The van der Waals surface area contributed by atoms with Crippen molar-refractivity contribution in [1.82, 2.24) is 9.55 Å². The van der Waals surface area contributed by atoms with Crippen molar-refractivity contribution in [3.8, 4) is 0 Å². The van der Waals surface area contributed by atoms with Gasteiger partial charge in [-0.05, 0) is 36.5 Å². The van der Waals surface area contributed by atoms with Gasteiger partial charge in [-0.25, -0.2) is 9.37 Å². The zero-order valence-corrected chi connectivity index (χ0v) is 11.8. The average molecular weight is 281 g/mol. The van der Waals surface area contributed by atoms with Gasteiger partial charge in [0.1, 0.15) is 11.6 Å². The van der Waals surface area contributed by atoms with Gasteiger partial charge in [0.15, 0.2) is 0 Å². The summed E-state index contributed by atoms with van der Waals surface area (Å²) in [5, 5.41) is 0. The Bertz CT molecular complexity index is 593. The van der Waals surface area contributed by atoms with Crippen molar-refractivity contribution in [3.05, 3.63) is 29.8 Å². The molecule has 1 saturated carbocycles. The molecule has 0 aliphatic heterocycles. The van der Waals surface area contributed by atoms with E-state index in [0.717, 1.165) is 29.3 Å². The maximum absolute atomic E-state index is 13.4. The molecule has 1 aliphatic carbocycles. The lowest BCUT2D eigenvalue weighted by molar-refractivity contribution is 0.364. The predicted octanol–water partition coefficient (Wildman–Crippen LogP) is 4.35. The third kappa shape index (κ3) is 2.36. The molecule has 0 amide bonds. The largest absolute Gasteiger partial charge is 0.327 e. The highest BCUT2D eigenvalue weighted by Gasteiger charge is 2.25. The van der Waals surface area contributed by atoms with Crippen LogP contribution in [0.5, 0.6) is 0 Å². The molecular weight excluding hydrogens is 263 g/mol. The lowest BCUT2D eigenvalue weighted by atomic mass is 9.98. The molecule has 2 unspecified atom stereocenters. The second-order valence-corrected chi connectivity index (χ2v) is 5.84. The summed E-state index contributed by atoms with van der Waals surface area (Å²) < 4.78 is 15.6. The van der Waals surface area contributed by atoms with Gasteiger partial charge in [-0.3, -0.25) is 0 Å². The summed E-state index contributed by atoms with van der Waals surface area (Å²) in [6, 6.07) is 4.75. The van der Waals surface area contributed by atoms with Crippen LogP contribution in [0.15, 0.2) is 18.2 Å². The first-order valence-electron chi connectivity index (χ1n) is 6.89. The molecule has 2 aromatic rings. The smallest absolute Gasteiger partial charge is 0.125 e. The van der Waals surface area contributed by atoms with E-state index in [1.165, 1.54) is 25.3 Å². The zero-order chi connectivity index (χ0) is 13.4. The minimum atomic E-state index is -0.214. The average Bonchev–Trinajstić information content (AvgIpc) is 2.95. The number of imidazole rings is 1. The van der Waals surface area contributed by atoms with Crippen molar-refractivity contribution in [3.63, 3.8) is 0 Å². The Labute approximate surface area is 117 Å². The highest BCUT2D eigenvalue weighted by atomic mass is 35.5. The summed E-state index contributed by atoms with van der Waals surface area (Å²) in [6.45, 7) is 3.21. The van der Waals surface area contributed by atoms with Crippen LogP contribution in [-0.4, -0.2) is 9.55 Å². The van der Waals surface area contributed by atoms with Gasteiger partial charge in [0, 0.05) is 6.54 Å². The highest BCUT2D eigenvalue weighted by molar-refractivity contribution is 6.16. The van der Waals surface area contributed by atoms with Crippen LogP contribution in [0.25, 0.3) is 11.0 Å². The number of hydrogen-bond donors (Lipinski definition) is 0. The Kier molecular flexibility index (Phi) is 3.48. The van der Waals surface area contributed by atoms with Crippen LogP contribution >= 0.6 is 11.6 Å². The fourth-order valence-electron chi connectivity index (χ4n) is 3.18. The molecule has 3 rings (SSSR count). The fourth-order valence-corrected chi connectivity index (χ4v) is 3.38. The maximum atomic E-state index is 13.4. The molecule has 2 nitrogen and oxygen atoms in total. The molecule has 102 valence electrons. The number of alkyl halides is 1. The zero-order valence-electron chi connectivity index (χ0n) is 11.1. The summed E-state index contributed by atoms with van der Waals surface area (Å²) >= 11 is 5.99. The number of halogens is 2. The standard InChI is InChI=1S/C15H18ClFN2/c1-10-3-2-4-11(10)9-19-14-7-12(17)5-6-13(14)18-15(19)8-16/h5-7,10-11H,2-4,8-9H2,1H3. The molecular formula is C15H18ClFN2. The van der Waals surface area contributed by atoms with Crippen molar-refractivity contribution < 1.29 is 4.39 Å². The number of aromatic nitrogens is 2. The Morgan fingerprint density at radius 1 is 1.42 bits per heavy atom. The van der Waals surface area contributed by atoms with Gasteiger partial charge in [-0.1, -0.05) is 19.8 Å². The Morgan fingerprint density at radius 3 is 2.95 bits per heavy atom. The summed E-state index contributed by atoms with van der Waals surface area (Å²) in [6.07, 6.45) is 3.84. The van der Waals surface area contributed by atoms with Crippen LogP contribution < -0.4 is 0 Å². The van der Waals surface area contributed by atoms with E-state index < -0.39 is 0 Å². The normalized spacial score (nSPS) is 23.3. The number of rotatable bonds is 3.